The van der Waals surface area contributed by atoms with E-state index >= 15 is 0 Å². The molecule has 4 aromatic rings. The molecule has 0 unspecified atom stereocenters. The molecular formula is C18H15N3O4. The zero-order valence-corrected chi connectivity index (χ0v) is 13.9. The first-order valence-electron chi connectivity index (χ1n) is 7.67. The minimum absolute atomic E-state index is 0.164. The second kappa shape index (κ2) is 5.62. The number of ether oxygens (including phenoxy) is 1. The third-order valence-electron chi connectivity index (χ3n) is 4.10. The summed E-state index contributed by atoms with van der Waals surface area (Å²) in [6, 6.07) is 7.16. The molecule has 0 aliphatic rings. The van der Waals surface area contributed by atoms with Gasteiger partial charge in [-0.2, -0.15) is 5.10 Å². The van der Waals surface area contributed by atoms with Crippen molar-refractivity contribution in [3.05, 3.63) is 53.9 Å². The summed E-state index contributed by atoms with van der Waals surface area (Å²) in [4.78, 5) is 11.6. The van der Waals surface area contributed by atoms with Crippen molar-refractivity contribution in [3.8, 4) is 22.5 Å². The Balaban J connectivity index is 1.84. The highest BCUT2D eigenvalue weighted by Gasteiger charge is 2.18. The van der Waals surface area contributed by atoms with Crippen molar-refractivity contribution in [2.24, 2.45) is 0 Å². The molecule has 4 aromatic heterocycles. The number of pyridine rings is 1. The number of carbonyl (C=O) groups is 1. The van der Waals surface area contributed by atoms with E-state index in [9.17, 15) is 4.79 Å². The fraction of sp³-hybridized carbons (Fsp3) is 0.167. The molecule has 0 radical (unpaired) electrons. The number of aromatic nitrogens is 3. The SMILES string of the molecule is COC(=O)c1ccc(-c2ccn3ncc(-c4c(C)noc4C)c3c2)o1. The maximum atomic E-state index is 11.6. The summed E-state index contributed by atoms with van der Waals surface area (Å²) in [5, 5.41) is 8.39. The van der Waals surface area contributed by atoms with Gasteiger partial charge < -0.3 is 13.7 Å². The maximum Gasteiger partial charge on any atom is 0.373 e. The van der Waals surface area contributed by atoms with Crippen molar-refractivity contribution in [2.45, 2.75) is 13.8 Å². The normalized spacial score (nSPS) is 11.2. The first kappa shape index (κ1) is 15.2. The van der Waals surface area contributed by atoms with Gasteiger partial charge in [-0.05, 0) is 38.1 Å². The van der Waals surface area contributed by atoms with Gasteiger partial charge in [-0.1, -0.05) is 5.16 Å². The Hall–Kier alpha value is -3.35. The maximum absolute atomic E-state index is 11.6. The van der Waals surface area contributed by atoms with Crippen LogP contribution in [0.4, 0.5) is 0 Å². The Morgan fingerprint density at radius 2 is 2.08 bits per heavy atom. The Morgan fingerprint density at radius 1 is 1.24 bits per heavy atom. The minimum Gasteiger partial charge on any atom is -0.463 e. The molecule has 0 aliphatic carbocycles. The monoisotopic (exact) mass is 337 g/mol. The average Bonchev–Trinajstić information content (AvgIpc) is 3.33. The first-order valence-corrected chi connectivity index (χ1v) is 7.67. The highest BCUT2D eigenvalue weighted by molar-refractivity contribution is 5.88. The number of carbonyl (C=O) groups excluding carboxylic acids is 1. The van der Waals surface area contributed by atoms with Gasteiger partial charge in [-0.25, -0.2) is 9.31 Å². The number of fused-ring (bicyclic) bond motifs is 1. The molecule has 25 heavy (non-hydrogen) atoms. The smallest absolute Gasteiger partial charge is 0.373 e. The second-order valence-corrected chi connectivity index (χ2v) is 5.66. The van der Waals surface area contributed by atoms with Crippen LogP contribution >= 0.6 is 0 Å². The van der Waals surface area contributed by atoms with Gasteiger partial charge in [-0.3, -0.25) is 0 Å². The number of esters is 1. The highest BCUT2D eigenvalue weighted by Crippen LogP contribution is 2.32. The topological polar surface area (TPSA) is 82.8 Å². The predicted molar refractivity (Wildman–Crippen MR) is 89.2 cm³/mol. The summed E-state index contributed by atoms with van der Waals surface area (Å²) in [5.74, 6) is 0.975. The fourth-order valence-electron chi connectivity index (χ4n) is 2.90. The third-order valence-corrected chi connectivity index (χ3v) is 4.10. The lowest BCUT2D eigenvalue weighted by atomic mass is 10.0. The Kier molecular flexibility index (Phi) is 3.42. The van der Waals surface area contributed by atoms with Crippen LogP contribution in [0.3, 0.4) is 0 Å². The molecule has 0 amide bonds. The van der Waals surface area contributed by atoms with Gasteiger partial charge in [-0.15, -0.1) is 0 Å². The van der Waals surface area contributed by atoms with E-state index in [2.05, 4.69) is 15.0 Å². The molecular weight excluding hydrogens is 322 g/mol. The summed E-state index contributed by atoms with van der Waals surface area (Å²) in [6.07, 6.45) is 3.63. The number of methoxy groups -OCH3 is 1. The van der Waals surface area contributed by atoms with Gasteiger partial charge in [0.05, 0.1) is 30.1 Å². The Morgan fingerprint density at radius 3 is 2.80 bits per heavy atom. The van der Waals surface area contributed by atoms with E-state index in [4.69, 9.17) is 8.94 Å². The number of rotatable bonds is 3. The van der Waals surface area contributed by atoms with Crippen LogP contribution in [0.1, 0.15) is 22.0 Å². The lowest BCUT2D eigenvalue weighted by molar-refractivity contribution is 0.0566. The molecule has 0 fully saturated rings. The third kappa shape index (κ3) is 2.40. The predicted octanol–water partition coefficient (Wildman–Crippen LogP) is 3.65. The summed E-state index contributed by atoms with van der Waals surface area (Å²) >= 11 is 0. The number of hydrogen-bond acceptors (Lipinski definition) is 6. The van der Waals surface area contributed by atoms with Crippen LogP contribution in [0.5, 0.6) is 0 Å². The Bertz CT molecular complexity index is 1070. The molecule has 7 heteroatoms. The van der Waals surface area contributed by atoms with Crippen molar-refractivity contribution in [1.82, 2.24) is 14.8 Å². The van der Waals surface area contributed by atoms with E-state index in [0.717, 1.165) is 33.7 Å². The van der Waals surface area contributed by atoms with Crippen molar-refractivity contribution in [2.75, 3.05) is 7.11 Å². The van der Waals surface area contributed by atoms with Gasteiger partial charge >= 0.3 is 5.97 Å². The molecule has 0 bridgehead atoms. The fourth-order valence-corrected chi connectivity index (χ4v) is 2.90. The van der Waals surface area contributed by atoms with Crippen molar-refractivity contribution >= 4 is 11.5 Å². The van der Waals surface area contributed by atoms with E-state index in [1.165, 1.54) is 7.11 Å². The van der Waals surface area contributed by atoms with Crippen LogP contribution in [-0.4, -0.2) is 27.8 Å². The minimum atomic E-state index is -0.506. The van der Waals surface area contributed by atoms with E-state index in [1.807, 2.05) is 32.2 Å². The van der Waals surface area contributed by atoms with E-state index < -0.39 is 5.97 Å². The van der Waals surface area contributed by atoms with Crippen LogP contribution in [0.2, 0.25) is 0 Å². The highest BCUT2D eigenvalue weighted by atomic mass is 16.5. The molecule has 126 valence electrons. The van der Waals surface area contributed by atoms with Gasteiger partial charge in [0.15, 0.2) is 0 Å². The van der Waals surface area contributed by atoms with Crippen LogP contribution in [0.25, 0.3) is 28.0 Å². The van der Waals surface area contributed by atoms with E-state index in [1.54, 1.807) is 22.8 Å². The number of hydrogen-bond donors (Lipinski definition) is 0. The second-order valence-electron chi connectivity index (χ2n) is 5.66. The molecule has 4 heterocycles. The van der Waals surface area contributed by atoms with Gasteiger partial charge in [0.1, 0.15) is 11.5 Å². The molecule has 0 atom stereocenters. The molecule has 0 aromatic carbocycles. The van der Waals surface area contributed by atoms with Gasteiger partial charge in [0.25, 0.3) is 0 Å². The van der Waals surface area contributed by atoms with Gasteiger partial charge in [0.2, 0.25) is 5.76 Å². The Labute approximate surface area is 142 Å². The zero-order chi connectivity index (χ0) is 17.6. The largest absolute Gasteiger partial charge is 0.463 e. The van der Waals surface area contributed by atoms with Crippen molar-refractivity contribution in [1.29, 1.82) is 0 Å². The lowest BCUT2D eigenvalue weighted by Gasteiger charge is -2.02. The van der Waals surface area contributed by atoms with Crippen LogP contribution in [0.15, 0.2) is 45.6 Å². The van der Waals surface area contributed by atoms with E-state index in [0.29, 0.717) is 5.76 Å². The van der Waals surface area contributed by atoms with Crippen LogP contribution < -0.4 is 0 Å². The van der Waals surface area contributed by atoms with Crippen molar-refractivity contribution < 1.29 is 18.5 Å². The number of nitrogens with zero attached hydrogens (tertiary/aromatic N) is 3. The summed E-state index contributed by atoms with van der Waals surface area (Å²) in [5.41, 5.74) is 4.39. The molecule has 0 aliphatic heterocycles. The van der Waals surface area contributed by atoms with Crippen LogP contribution in [0, 0.1) is 13.8 Å². The molecule has 0 spiro atoms. The number of aryl methyl sites for hydroxylation is 2. The van der Waals surface area contributed by atoms with Gasteiger partial charge in [0, 0.05) is 17.3 Å². The van der Waals surface area contributed by atoms with Crippen LogP contribution in [-0.2, 0) is 4.74 Å². The molecule has 0 saturated heterocycles. The molecule has 0 saturated carbocycles. The standard InChI is InChI=1S/C18H15N3O4/c1-10-17(11(2)25-20-10)13-9-19-21-7-6-12(8-14(13)21)15-4-5-16(24-15)18(22)23-3/h4-9H,1-3H3. The summed E-state index contributed by atoms with van der Waals surface area (Å²) < 4.78 is 17.3. The molecule has 4 rings (SSSR count). The average molecular weight is 337 g/mol. The van der Waals surface area contributed by atoms with E-state index in [-0.39, 0.29) is 5.76 Å². The number of furan rings is 1. The lowest BCUT2D eigenvalue weighted by Crippen LogP contribution is -1.98. The quantitative estimate of drug-likeness (QED) is 0.531. The zero-order valence-electron chi connectivity index (χ0n) is 13.9. The summed E-state index contributed by atoms with van der Waals surface area (Å²) in [6.45, 7) is 3.77. The molecule has 7 nitrogen and oxygen atoms in total. The molecule has 0 N–H and O–H groups in total. The van der Waals surface area contributed by atoms with Crippen molar-refractivity contribution in [3.63, 3.8) is 0 Å². The first-order chi connectivity index (χ1) is 12.1. The summed E-state index contributed by atoms with van der Waals surface area (Å²) in [7, 11) is 1.32.